The average molecular weight is 305 g/mol. The molecule has 0 bridgehead atoms. The van der Waals surface area contributed by atoms with Crippen molar-refractivity contribution in [1.82, 2.24) is 16.0 Å². The Kier molecular flexibility index (Phi) is 4.47. The van der Waals surface area contributed by atoms with Gasteiger partial charge in [0.05, 0.1) is 5.92 Å². The fraction of sp³-hybridized carbons (Fsp3) is 0.333. The molecule has 5 nitrogen and oxygen atoms in total. The van der Waals surface area contributed by atoms with Crippen LogP contribution >= 0.6 is 11.3 Å². The summed E-state index contributed by atoms with van der Waals surface area (Å²) in [4.78, 5) is 25.6. The predicted octanol–water partition coefficient (Wildman–Crippen LogP) is 1.47. The number of hydrogen-bond donors (Lipinski definition) is 3. The van der Waals surface area contributed by atoms with Gasteiger partial charge in [0.15, 0.2) is 0 Å². The van der Waals surface area contributed by atoms with Gasteiger partial charge < -0.3 is 16.0 Å². The number of rotatable bonds is 3. The number of likely N-dealkylation sites (N-methyl/N-ethyl adjacent to an activating group) is 2. The first-order valence-corrected chi connectivity index (χ1v) is 7.55. The van der Waals surface area contributed by atoms with E-state index in [-0.39, 0.29) is 17.7 Å². The summed E-state index contributed by atoms with van der Waals surface area (Å²) in [5, 5.41) is 10.4. The van der Waals surface area contributed by atoms with Crippen LogP contribution in [-0.4, -0.2) is 25.9 Å². The van der Waals surface area contributed by atoms with E-state index in [1.165, 1.54) is 0 Å². The molecule has 1 aromatic heterocycles. The topological polar surface area (TPSA) is 70.2 Å². The Morgan fingerprint density at radius 2 is 1.62 bits per heavy atom. The zero-order valence-corrected chi connectivity index (χ0v) is 13.4. The number of amides is 2. The number of dihydropyridines is 1. The summed E-state index contributed by atoms with van der Waals surface area (Å²) in [6.45, 7) is 3.71. The molecular formula is C15H19N3O2S. The van der Waals surface area contributed by atoms with Crippen LogP contribution in [0.15, 0.2) is 40.1 Å². The molecule has 0 unspecified atom stereocenters. The first kappa shape index (κ1) is 15.3. The summed E-state index contributed by atoms with van der Waals surface area (Å²) >= 11 is 1.54. The molecule has 1 aromatic rings. The minimum atomic E-state index is -0.342. The molecular weight excluding hydrogens is 286 g/mol. The molecule has 1 aliphatic rings. The molecule has 2 heterocycles. The van der Waals surface area contributed by atoms with Crippen molar-refractivity contribution >= 4 is 23.2 Å². The Bertz CT molecular complexity index is 591. The van der Waals surface area contributed by atoms with Crippen LogP contribution in [-0.2, 0) is 9.59 Å². The second-order valence-corrected chi connectivity index (χ2v) is 5.79. The van der Waals surface area contributed by atoms with Crippen LogP contribution in [0.3, 0.4) is 0 Å². The molecule has 6 heteroatoms. The Hall–Kier alpha value is -2.08. The summed E-state index contributed by atoms with van der Waals surface area (Å²) in [5.41, 5.74) is 2.73. The van der Waals surface area contributed by atoms with Crippen molar-refractivity contribution in [2.24, 2.45) is 0 Å². The van der Waals surface area contributed by atoms with Crippen LogP contribution in [0.1, 0.15) is 24.6 Å². The van der Waals surface area contributed by atoms with Gasteiger partial charge >= 0.3 is 0 Å². The third-order valence-corrected chi connectivity index (χ3v) is 4.47. The molecule has 112 valence electrons. The highest BCUT2D eigenvalue weighted by Crippen LogP contribution is 2.39. The van der Waals surface area contributed by atoms with E-state index in [1.807, 2.05) is 31.4 Å². The fourth-order valence-corrected chi connectivity index (χ4v) is 3.45. The van der Waals surface area contributed by atoms with Gasteiger partial charge in [-0.3, -0.25) is 9.59 Å². The van der Waals surface area contributed by atoms with Crippen molar-refractivity contribution in [2.45, 2.75) is 19.8 Å². The van der Waals surface area contributed by atoms with Crippen LogP contribution in [0.4, 0.5) is 0 Å². The van der Waals surface area contributed by atoms with Gasteiger partial charge in [-0.25, -0.2) is 0 Å². The zero-order chi connectivity index (χ0) is 15.6. The lowest BCUT2D eigenvalue weighted by Gasteiger charge is -2.30. The van der Waals surface area contributed by atoms with Gasteiger partial charge in [-0.1, -0.05) is 6.07 Å². The van der Waals surface area contributed by atoms with Crippen molar-refractivity contribution in [1.29, 1.82) is 0 Å². The summed E-state index contributed by atoms with van der Waals surface area (Å²) in [7, 11) is 3.19. The monoisotopic (exact) mass is 305 g/mol. The molecule has 0 saturated carbocycles. The molecule has 0 aromatic carbocycles. The fourth-order valence-electron chi connectivity index (χ4n) is 2.61. The van der Waals surface area contributed by atoms with Gasteiger partial charge in [0, 0.05) is 41.5 Å². The first-order valence-electron chi connectivity index (χ1n) is 6.67. The van der Waals surface area contributed by atoms with E-state index in [0.29, 0.717) is 11.1 Å². The zero-order valence-electron chi connectivity index (χ0n) is 12.5. The van der Waals surface area contributed by atoms with Gasteiger partial charge in [0.25, 0.3) is 0 Å². The predicted molar refractivity (Wildman–Crippen MR) is 83.7 cm³/mol. The van der Waals surface area contributed by atoms with Crippen LogP contribution in [0, 0.1) is 0 Å². The number of hydrogen-bond acceptors (Lipinski definition) is 4. The molecule has 0 fully saturated rings. The SMILES string of the molecule is CNC(=O)C1=C(C)NC(C)=C(C(=O)NC)C1c1cccs1. The van der Waals surface area contributed by atoms with Crippen LogP contribution in [0.25, 0.3) is 0 Å². The molecule has 0 radical (unpaired) electrons. The largest absolute Gasteiger partial charge is 0.362 e. The quantitative estimate of drug-likeness (QED) is 0.792. The lowest BCUT2D eigenvalue weighted by Crippen LogP contribution is -2.37. The van der Waals surface area contributed by atoms with Crippen molar-refractivity contribution in [3.63, 3.8) is 0 Å². The second kappa shape index (κ2) is 6.13. The minimum absolute atomic E-state index is 0.174. The van der Waals surface area contributed by atoms with Crippen LogP contribution < -0.4 is 16.0 Å². The number of carbonyl (C=O) groups is 2. The number of nitrogens with one attached hydrogen (secondary N) is 3. The Morgan fingerprint density at radius 1 is 1.10 bits per heavy atom. The maximum atomic E-state index is 12.3. The summed E-state index contributed by atoms with van der Waals surface area (Å²) in [6.07, 6.45) is 0. The third kappa shape index (κ3) is 2.71. The lowest BCUT2D eigenvalue weighted by molar-refractivity contribution is -0.117. The van der Waals surface area contributed by atoms with E-state index in [0.717, 1.165) is 16.3 Å². The Morgan fingerprint density at radius 3 is 2.00 bits per heavy atom. The highest BCUT2D eigenvalue weighted by Gasteiger charge is 2.36. The molecule has 2 amide bonds. The molecule has 3 N–H and O–H groups in total. The van der Waals surface area contributed by atoms with E-state index in [1.54, 1.807) is 25.4 Å². The summed E-state index contributed by atoms with van der Waals surface area (Å²) in [6, 6.07) is 3.88. The van der Waals surface area contributed by atoms with E-state index in [2.05, 4.69) is 16.0 Å². The average Bonchev–Trinajstić information content (AvgIpc) is 2.99. The van der Waals surface area contributed by atoms with E-state index in [9.17, 15) is 9.59 Å². The standard InChI is InChI=1S/C15H19N3O2S/c1-8-11(14(19)16-3)13(10-6-5-7-21-10)12(9(2)18-8)15(20)17-4/h5-7,13,18H,1-4H3,(H,16,19)(H,17,20). The number of thiophene rings is 1. The third-order valence-electron chi connectivity index (χ3n) is 3.53. The molecule has 21 heavy (non-hydrogen) atoms. The summed E-state index contributed by atoms with van der Waals surface area (Å²) < 4.78 is 0. The molecule has 1 aliphatic heterocycles. The normalized spacial score (nSPS) is 15.8. The Balaban J connectivity index is 2.63. The molecule has 0 aliphatic carbocycles. The molecule has 0 atom stereocenters. The van der Waals surface area contributed by atoms with Gasteiger partial charge in [0.2, 0.25) is 11.8 Å². The molecule has 0 saturated heterocycles. The number of allylic oxidation sites excluding steroid dienone is 2. The Labute approximate surface area is 128 Å². The van der Waals surface area contributed by atoms with Crippen molar-refractivity contribution in [3.05, 3.63) is 44.9 Å². The van der Waals surface area contributed by atoms with Crippen molar-refractivity contribution in [2.75, 3.05) is 14.1 Å². The summed E-state index contributed by atoms with van der Waals surface area (Å²) in [5.74, 6) is -0.689. The van der Waals surface area contributed by atoms with Gasteiger partial charge in [0.1, 0.15) is 0 Å². The van der Waals surface area contributed by atoms with Crippen molar-refractivity contribution in [3.8, 4) is 0 Å². The second-order valence-electron chi connectivity index (χ2n) is 4.81. The minimum Gasteiger partial charge on any atom is -0.362 e. The van der Waals surface area contributed by atoms with Crippen molar-refractivity contribution < 1.29 is 9.59 Å². The highest BCUT2D eigenvalue weighted by molar-refractivity contribution is 7.10. The molecule has 0 spiro atoms. The molecule has 2 rings (SSSR count). The van der Waals surface area contributed by atoms with Crippen LogP contribution in [0.5, 0.6) is 0 Å². The lowest BCUT2D eigenvalue weighted by atomic mass is 9.83. The van der Waals surface area contributed by atoms with Gasteiger partial charge in [-0.2, -0.15) is 0 Å². The van der Waals surface area contributed by atoms with Gasteiger partial charge in [-0.05, 0) is 25.3 Å². The maximum Gasteiger partial charge on any atom is 0.249 e. The highest BCUT2D eigenvalue weighted by atomic mass is 32.1. The smallest absolute Gasteiger partial charge is 0.249 e. The van der Waals surface area contributed by atoms with E-state index < -0.39 is 0 Å². The van der Waals surface area contributed by atoms with Crippen LogP contribution in [0.2, 0.25) is 0 Å². The van der Waals surface area contributed by atoms with E-state index in [4.69, 9.17) is 0 Å². The van der Waals surface area contributed by atoms with Gasteiger partial charge in [-0.15, -0.1) is 11.3 Å². The first-order chi connectivity index (χ1) is 10.0. The number of carbonyl (C=O) groups excluding carboxylic acids is 2. The van der Waals surface area contributed by atoms with E-state index >= 15 is 0 Å². The maximum absolute atomic E-state index is 12.3.